The van der Waals surface area contributed by atoms with E-state index in [1.165, 1.54) is 5.56 Å². The van der Waals surface area contributed by atoms with Gasteiger partial charge in [0.15, 0.2) is 0 Å². The van der Waals surface area contributed by atoms with Gasteiger partial charge in [-0.1, -0.05) is 43.7 Å². The lowest BCUT2D eigenvalue weighted by molar-refractivity contribution is -0.132. The molecule has 0 aliphatic carbocycles. The number of aryl methyl sites for hydroxylation is 1. The number of benzene rings is 1. The summed E-state index contributed by atoms with van der Waals surface area (Å²) in [5.41, 5.74) is 2.23. The van der Waals surface area contributed by atoms with Crippen molar-refractivity contribution in [2.75, 3.05) is 26.7 Å². The molecule has 0 aromatic heterocycles. The molecular formula is C21H35ClN4O2. The van der Waals surface area contributed by atoms with Gasteiger partial charge >= 0.3 is 6.03 Å². The summed E-state index contributed by atoms with van der Waals surface area (Å²) < 4.78 is 0. The second-order valence-electron chi connectivity index (χ2n) is 7.99. The van der Waals surface area contributed by atoms with Crippen molar-refractivity contribution in [1.82, 2.24) is 20.9 Å². The number of likely N-dealkylation sites (tertiary alicyclic amines) is 1. The van der Waals surface area contributed by atoms with E-state index in [-0.39, 0.29) is 24.3 Å². The topological polar surface area (TPSA) is 73.5 Å². The number of halogens is 1. The molecule has 1 aromatic rings. The van der Waals surface area contributed by atoms with Crippen molar-refractivity contribution in [1.29, 1.82) is 0 Å². The lowest BCUT2D eigenvalue weighted by Crippen LogP contribution is -2.51. The Hall–Kier alpha value is -1.79. The van der Waals surface area contributed by atoms with Crippen LogP contribution in [0.25, 0.3) is 0 Å². The second kappa shape index (κ2) is 11.9. The van der Waals surface area contributed by atoms with Gasteiger partial charge < -0.3 is 20.9 Å². The van der Waals surface area contributed by atoms with Crippen molar-refractivity contribution in [2.45, 2.75) is 46.2 Å². The molecule has 1 saturated heterocycles. The largest absolute Gasteiger partial charge is 0.341 e. The average Bonchev–Trinajstić information content (AvgIpc) is 3.08. The standard InChI is InChI=1S/C21H34N4O2.ClH/c1-15(2)11-19(20(26)25-10-9-18(14-25)12-22-4)24-21(27)23-13-17-7-5-16(3)6-8-17;/h5-8,15,18-19,22H,9-14H2,1-4H3,(H2,23,24,27);1H. The highest BCUT2D eigenvalue weighted by Crippen LogP contribution is 2.18. The van der Waals surface area contributed by atoms with Gasteiger partial charge in [-0.3, -0.25) is 4.79 Å². The van der Waals surface area contributed by atoms with Crippen molar-refractivity contribution in [3.05, 3.63) is 35.4 Å². The smallest absolute Gasteiger partial charge is 0.315 e. The molecule has 1 heterocycles. The normalized spacial score (nSPS) is 17.2. The molecule has 0 spiro atoms. The van der Waals surface area contributed by atoms with E-state index in [1.54, 1.807) is 0 Å². The molecule has 1 fully saturated rings. The lowest BCUT2D eigenvalue weighted by atomic mass is 10.0. The van der Waals surface area contributed by atoms with Gasteiger partial charge in [0.05, 0.1) is 0 Å². The van der Waals surface area contributed by atoms with Crippen molar-refractivity contribution in [3.8, 4) is 0 Å². The Kier molecular flexibility index (Phi) is 10.3. The SMILES string of the molecule is CNCC1CCN(C(=O)C(CC(C)C)NC(=O)NCc2ccc(C)cc2)C1.Cl. The predicted octanol–water partition coefficient (Wildman–Crippen LogP) is 2.70. The zero-order valence-corrected chi connectivity index (χ0v) is 18.3. The monoisotopic (exact) mass is 410 g/mol. The third-order valence-electron chi connectivity index (χ3n) is 4.97. The van der Waals surface area contributed by atoms with Crippen LogP contribution in [0.4, 0.5) is 4.79 Å². The molecule has 2 atom stereocenters. The van der Waals surface area contributed by atoms with Crippen molar-refractivity contribution in [3.63, 3.8) is 0 Å². The summed E-state index contributed by atoms with van der Waals surface area (Å²) in [5, 5.41) is 8.94. The minimum Gasteiger partial charge on any atom is -0.341 e. The molecule has 1 aliphatic heterocycles. The summed E-state index contributed by atoms with van der Waals surface area (Å²) in [4.78, 5) is 27.2. The van der Waals surface area contributed by atoms with Crippen LogP contribution in [0.1, 0.15) is 37.8 Å². The van der Waals surface area contributed by atoms with E-state index in [0.717, 1.165) is 31.6 Å². The van der Waals surface area contributed by atoms with Gasteiger partial charge in [0.1, 0.15) is 6.04 Å². The van der Waals surface area contributed by atoms with Crippen molar-refractivity contribution in [2.24, 2.45) is 11.8 Å². The van der Waals surface area contributed by atoms with Crippen LogP contribution < -0.4 is 16.0 Å². The number of carbonyl (C=O) groups is 2. The minimum absolute atomic E-state index is 0. The number of hydrogen-bond donors (Lipinski definition) is 3. The Balaban J connectivity index is 0.00000392. The number of nitrogens with zero attached hydrogens (tertiary/aromatic N) is 1. The number of rotatable bonds is 8. The maximum Gasteiger partial charge on any atom is 0.315 e. The number of amides is 3. The van der Waals surface area contributed by atoms with Crippen LogP contribution in [0.15, 0.2) is 24.3 Å². The predicted molar refractivity (Wildman–Crippen MR) is 116 cm³/mol. The van der Waals surface area contributed by atoms with Crippen LogP contribution in [0.2, 0.25) is 0 Å². The second-order valence-corrected chi connectivity index (χ2v) is 7.99. The molecule has 1 aliphatic rings. The molecule has 158 valence electrons. The summed E-state index contributed by atoms with van der Waals surface area (Å²) >= 11 is 0. The highest BCUT2D eigenvalue weighted by molar-refractivity contribution is 5.87. The summed E-state index contributed by atoms with van der Waals surface area (Å²) in [6.07, 6.45) is 1.66. The van der Waals surface area contributed by atoms with Gasteiger partial charge in [-0.2, -0.15) is 0 Å². The van der Waals surface area contributed by atoms with Gasteiger partial charge in [0.25, 0.3) is 0 Å². The first kappa shape index (κ1) is 24.2. The van der Waals surface area contributed by atoms with Crippen LogP contribution in [0.5, 0.6) is 0 Å². The maximum atomic E-state index is 12.9. The van der Waals surface area contributed by atoms with Crippen LogP contribution in [-0.4, -0.2) is 49.6 Å². The molecule has 0 saturated carbocycles. The van der Waals surface area contributed by atoms with E-state index >= 15 is 0 Å². The van der Waals surface area contributed by atoms with Crippen LogP contribution in [0, 0.1) is 18.8 Å². The van der Waals surface area contributed by atoms with E-state index < -0.39 is 6.04 Å². The minimum atomic E-state index is -0.476. The van der Waals surface area contributed by atoms with Gasteiger partial charge in [0.2, 0.25) is 5.91 Å². The first-order chi connectivity index (χ1) is 12.9. The first-order valence-corrected chi connectivity index (χ1v) is 9.92. The van der Waals surface area contributed by atoms with Gasteiger partial charge in [0, 0.05) is 19.6 Å². The highest BCUT2D eigenvalue weighted by atomic mass is 35.5. The van der Waals surface area contributed by atoms with Crippen molar-refractivity contribution < 1.29 is 9.59 Å². The fourth-order valence-corrected chi connectivity index (χ4v) is 3.50. The van der Waals surface area contributed by atoms with E-state index in [1.807, 2.05) is 43.1 Å². The zero-order valence-electron chi connectivity index (χ0n) is 17.5. The highest BCUT2D eigenvalue weighted by Gasteiger charge is 2.31. The number of urea groups is 1. The molecule has 0 radical (unpaired) electrons. The summed E-state index contributed by atoms with van der Waals surface area (Å²) in [7, 11) is 1.94. The van der Waals surface area contributed by atoms with Gasteiger partial charge in [-0.15, -0.1) is 12.4 Å². The summed E-state index contributed by atoms with van der Waals surface area (Å²) in [6, 6.07) is 7.28. The van der Waals surface area contributed by atoms with Crippen molar-refractivity contribution >= 4 is 24.3 Å². The molecule has 2 rings (SSSR count). The average molecular weight is 411 g/mol. The fraction of sp³-hybridized carbons (Fsp3) is 0.619. The lowest BCUT2D eigenvalue weighted by Gasteiger charge is -2.26. The molecule has 3 amide bonds. The number of carbonyl (C=O) groups excluding carboxylic acids is 2. The Morgan fingerprint density at radius 3 is 2.50 bits per heavy atom. The third kappa shape index (κ3) is 7.68. The molecule has 7 heteroatoms. The first-order valence-electron chi connectivity index (χ1n) is 9.92. The third-order valence-corrected chi connectivity index (χ3v) is 4.97. The van der Waals surface area contributed by atoms with E-state index in [0.29, 0.717) is 24.8 Å². The fourth-order valence-electron chi connectivity index (χ4n) is 3.50. The maximum absolute atomic E-state index is 12.9. The summed E-state index contributed by atoms with van der Waals surface area (Å²) in [6.45, 7) is 9.07. The van der Waals surface area contributed by atoms with E-state index in [4.69, 9.17) is 0 Å². The molecule has 0 bridgehead atoms. The Morgan fingerprint density at radius 1 is 1.21 bits per heavy atom. The molecule has 6 nitrogen and oxygen atoms in total. The molecule has 2 unspecified atom stereocenters. The van der Waals surface area contributed by atoms with Crippen LogP contribution in [0.3, 0.4) is 0 Å². The molecule has 3 N–H and O–H groups in total. The van der Waals surface area contributed by atoms with Gasteiger partial charge in [-0.25, -0.2) is 4.79 Å². The molecular weight excluding hydrogens is 376 g/mol. The Morgan fingerprint density at radius 2 is 1.89 bits per heavy atom. The number of hydrogen-bond acceptors (Lipinski definition) is 3. The number of nitrogens with one attached hydrogen (secondary N) is 3. The van der Waals surface area contributed by atoms with Crippen LogP contribution >= 0.6 is 12.4 Å². The summed E-state index contributed by atoms with van der Waals surface area (Å²) in [5.74, 6) is 0.855. The molecule has 1 aromatic carbocycles. The quantitative estimate of drug-likeness (QED) is 0.616. The van der Waals surface area contributed by atoms with Crippen LogP contribution in [-0.2, 0) is 11.3 Å². The Bertz CT molecular complexity index is 621. The van der Waals surface area contributed by atoms with Gasteiger partial charge in [-0.05, 0) is 50.8 Å². The Labute approximate surface area is 175 Å². The zero-order chi connectivity index (χ0) is 19.8. The van der Waals surface area contributed by atoms with E-state index in [9.17, 15) is 9.59 Å². The van der Waals surface area contributed by atoms with E-state index in [2.05, 4.69) is 29.8 Å². The molecule has 28 heavy (non-hydrogen) atoms.